The van der Waals surface area contributed by atoms with E-state index in [9.17, 15) is 0 Å². The first-order valence-electron chi connectivity index (χ1n) is 9.32. The van der Waals surface area contributed by atoms with Crippen molar-refractivity contribution in [2.75, 3.05) is 13.2 Å². The zero-order valence-corrected chi connectivity index (χ0v) is 15.2. The number of rotatable bonds is 4. The average Bonchev–Trinajstić information content (AvgIpc) is 3.43. The number of hydrogen-bond donors (Lipinski definition) is 1. The SMILES string of the molecule is Cc1ncc2c(c1-c1noc(-c3cn(CC4CCCO4)nn3)n1)CCNC2. The molecule has 1 atom stereocenters. The summed E-state index contributed by atoms with van der Waals surface area (Å²) in [5, 5.41) is 15.9. The van der Waals surface area contributed by atoms with E-state index >= 15 is 0 Å². The molecule has 1 saturated heterocycles. The summed E-state index contributed by atoms with van der Waals surface area (Å²) >= 11 is 0. The van der Waals surface area contributed by atoms with Crippen molar-refractivity contribution < 1.29 is 9.26 Å². The summed E-state index contributed by atoms with van der Waals surface area (Å²) in [4.78, 5) is 9.08. The molecule has 1 fully saturated rings. The van der Waals surface area contributed by atoms with Crippen LogP contribution >= 0.6 is 0 Å². The van der Waals surface area contributed by atoms with Gasteiger partial charge in [0.2, 0.25) is 5.82 Å². The highest BCUT2D eigenvalue weighted by atomic mass is 16.5. The summed E-state index contributed by atoms with van der Waals surface area (Å²) in [7, 11) is 0. The minimum absolute atomic E-state index is 0.205. The van der Waals surface area contributed by atoms with Gasteiger partial charge in [-0.1, -0.05) is 10.4 Å². The normalized spacial score (nSPS) is 19.4. The van der Waals surface area contributed by atoms with Gasteiger partial charge < -0.3 is 14.6 Å². The molecule has 0 amide bonds. The standard InChI is InChI=1S/C18H21N7O2/c1-11-16(14-4-5-19-7-12(14)8-20-11)17-21-18(27-23-17)15-10-25(24-22-15)9-13-3-2-6-26-13/h8,10,13,19H,2-7,9H2,1H3. The molecule has 5 heterocycles. The van der Waals surface area contributed by atoms with Crippen molar-refractivity contribution in [2.24, 2.45) is 0 Å². The van der Waals surface area contributed by atoms with Gasteiger partial charge >= 0.3 is 0 Å². The Morgan fingerprint density at radius 3 is 3.22 bits per heavy atom. The maximum absolute atomic E-state index is 5.65. The molecular formula is C18H21N7O2. The van der Waals surface area contributed by atoms with Crippen molar-refractivity contribution in [3.8, 4) is 23.0 Å². The molecule has 1 N–H and O–H groups in total. The van der Waals surface area contributed by atoms with E-state index in [4.69, 9.17) is 9.26 Å². The summed E-state index contributed by atoms with van der Waals surface area (Å²) in [5.41, 5.74) is 4.89. The van der Waals surface area contributed by atoms with Gasteiger partial charge in [0.25, 0.3) is 5.89 Å². The molecule has 2 aliphatic rings. The largest absolute Gasteiger partial charge is 0.376 e. The van der Waals surface area contributed by atoms with Gasteiger partial charge in [-0.05, 0) is 43.9 Å². The summed E-state index contributed by atoms with van der Waals surface area (Å²) in [6.07, 6.45) is 7.04. The molecule has 27 heavy (non-hydrogen) atoms. The maximum atomic E-state index is 5.65. The van der Waals surface area contributed by atoms with Gasteiger partial charge in [-0.15, -0.1) is 5.10 Å². The lowest BCUT2D eigenvalue weighted by Gasteiger charge is -2.19. The Hall–Kier alpha value is -2.65. The Balaban J connectivity index is 1.43. The van der Waals surface area contributed by atoms with E-state index in [0.717, 1.165) is 50.2 Å². The van der Waals surface area contributed by atoms with Crippen LogP contribution in [-0.2, 0) is 24.2 Å². The van der Waals surface area contributed by atoms with Crippen LogP contribution in [0.5, 0.6) is 0 Å². The topological polar surface area (TPSA) is 104 Å². The molecule has 3 aromatic rings. The predicted molar refractivity (Wildman–Crippen MR) is 95.7 cm³/mol. The van der Waals surface area contributed by atoms with E-state index in [1.807, 2.05) is 19.3 Å². The highest BCUT2D eigenvalue weighted by molar-refractivity contribution is 5.66. The Labute approximate surface area is 156 Å². The minimum Gasteiger partial charge on any atom is -0.376 e. The summed E-state index contributed by atoms with van der Waals surface area (Å²) < 4.78 is 12.9. The highest BCUT2D eigenvalue weighted by Gasteiger charge is 2.23. The van der Waals surface area contributed by atoms with Crippen LogP contribution in [-0.4, -0.2) is 49.4 Å². The van der Waals surface area contributed by atoms with E-state index in [0.29, 0.717) is 24.0 Å². The zero-order chi connectivity index (χ0) is 18.2. The smallest absolute Gasteiger partial charge is 0.280 e. The Bertz CT molecular complexity index is 959. The van der Waals surface area contributed by atoms with E-state index in [-0.39, 0.29) is 6.10 Å². The van der Waals surface area contributed by atoms with Crippen molar-refractivity contribution in [1.29, 1.82) is 0 Å². The second-order valence-electron chi connectivity index (χ2n) is 7.03. The van der Waals surface area contributed by atoms with Crippen LogP contribution in [0, 0.1) is 6.92 Å². The predicted octanol–water partition coefficient (Wildman–Crippen LogP) is 1.52. The fourth-order valence-electron chi connectivity index (χ4n) is 3.78. The van der Waals surface area contributed by atoms with Crippen molar-refractivity contribution in [3.05, 3.63) is 29.2 Å². The molecule has 3 aromatic heterocycles. The summed E-state index contributed by atoms with van der Waals surface area (Å²) in [5.74, 6) is 0.928. The lowest BCUT2D eigenvalue weighted by molar-refractivity contribution is 0.0935. The van der Waals surface area contributed by atoms with Crippen LogP contribution in [0.1, 0.15) is 29.7 Å². The zero-order valence-electron chi connectivity index (χ0n) is 15.2. The van der Waals surface area contributed by atoms with Gasteiger partial charge in [0.1, 0.15) is 0 Å². The lowest BCUT2D eigenvalue weighted by atomic mass is 9.95. The van der Waals surface area contributed by atoms with Crippen molar-refractivity contribution in [1.82, 2.24) is 35.4 Å². The van der Waals surface area contributed by atoms with Gasteiger partial charge in [-0.25, -0.2) is 4.68 Å². The second kappa shape index (κ2) is 6.82. The number of nitrogens with zero attached hydrogens (tertiary/aromatic N) is 6. The molecule has 0 radical (unpaired) electrons. The third-order valence-corrected chi connectivity index (χ3v) is 5.15. The fourth-order valence-corrected chi connectivity index (χ4v) is 3.78. The summed E-state index contributed by atoms with van der Waals surface area (Å²) in [6.45, 7) is 5.24. The number of hydrogen-bond acceptors (Lipinski definition) is 8. The third kappa shape index (κ3) is 3.13. The number of ether oxygens (including phenoxy) is 1. The van der Waals surface area contributed by atoms with Gasteiger partial charge in [0.05, 0.1) is 18.8 Å². The lowest BCUT2D eigenvalue weighted by Crippen LogP contribution is -2.24. The highest BCUT2D eigenvalue weighted by Crippen LogP contribution is 2.30. The molecule has 0 aliphatic carbocycles. The molecule has 2 aliphatic heterocycles. The quantitative estimate of drug-likeness (QED) is 0.740. The van der Waals surface area contributed by atoms with Gasteiger partial charge in [-0.2, -0.15) is 4.98 Å². The monoisotopic (exact) mass is 367 g/mol. The van der Waals surface area contributed by atoms with E-state index in [1.165, 1.54) is 11.1 Å². The van der Waals surface area contributed by atoms with Gasteiger partial charge in [0, 0.05) is 30.6 Å². The third-order valence-electron chi connectivity index (χ3n) is 5.15. The van der Waals surface area contributed by atoms with Crippen LogP contribution in [0.25, 0.3) is 23.0 Å². The molecule has 9 heteroatoms. The van der Waals surface area contributed by atoms with Crippen molar-refractivity contribution >= 4 is 0 Å². The Morgan fingerprint density at radius 1 is 1.37 bits per heavy atom. The number of pyridine rings is 1. The number of aryl methyl sites for hydroxylation is 1. The van der Waals surface area contributed by atoms with E-state index in [1.54, 1.807) is 4.68 Å². The number of nitrogens with one attached hydrogen (secondary N) is 1. The van der Waals surface area contributed by atoms with E-state index in [2.05, 4.69) is 30.8 Å². The number of aromatic nitrogens is 6. The molecule has 0 aromatic carbocycles. The second-order valence-corrected chi connectivity index (χ2v) is 7.03. The minimum atomic E-state index is 0.205. The molecule has 0 spiro atoms. The van der Waals surface area contributed by atoms with E-state index < -0.39 is 0 Å². The first-order chi connectivity index (χ1) is 13.3. The van der Waals surface area contributed by atoms with Crippen LogP contribution < -0.4 is 5.32 Å². The first-order valence-corrected chi connectivity index (χ1v) is 9.32. The molecule has 140 valence electrons. The van der Waals surface area contributed by atoms with Crippen LogP contribution in [0.2, 0.25) is 0 Å². The molecule has 0 bridgehead atoms. The average molecular weight is 367 g/mol. The van der Waals surface area contributed by atoms with Gasteiger partial charge in [0.15, 0.2) is 5.69 Å². The van der Waals surface area contributed by atoms with Crippen molar-refractivity contribution in [2.45, 2.75) is 45.4 Å². The molecular weight excluding hydrogens is 346 g/mol. The van der Waals surface area contributed by atoms with Crippen LogP contribution in [0.3, 0.4) is 0 Å². The fraction of sp³-hybridized carbons (Fsp3) is 0.500. The molecule has 5 rings (SSSR count). The summed E-state index contributed by atoms with van der Waals surface area (Å²) in [6, 6.07) is 0. The van der Waals surface area contributed by atoms with Crippen molar-refractivity contribution in [3.63, 3.8) is 0 Å². The maximum Gasteiger partial charge on any atom is 0.280 e. The Morgan fingerprint density at radius 2 is 2.33 bits per heavy atom. The van der Waals surface area contributed by atoms with Crippen LogP contribution in [0.4, 0.5) is 0 Å². The molecule has 0 saturated carbocycles. The molecule has 9 nitrogen and oxygen atoms in total. The number of fused-ring (bicyclic) bond motifs is 1. The molecule has 1 unspecified atom stereocenters. The first kappa shape index (κ1) is 16.5. The van der Waals surface area contributed by atoms with Gasteiger partial charge in [-0.3, -0.25) is 4.98 Å². The Kier molecular flexibility index (Phi) is 4.17. The van der Waals surface area contributed by atoms with Crippen LogP contribution in [0.15, 0.2) is 16.9 Å².